The van der Waals surface area contributed by atoms with E-state index in [0.717, 1.165) is 0 Å². The Hall–Kier alpha value is -0.540. The van der Waals surface area contributed by atoms with E-state index in [4.69, 9.17) is 11.6 Å². The first kappa shape index (κ1) is 7.57. The van der Waals surface area contributed by atoms with Crippen molar-refractivity contribution in [1.82, 2.24) is 5.16 Å². The van der Waals surface area contributed by atoms with E-state index in [9.17, 15) is 5.11 Å². The SMILES string of the molecule is O[C@@H](CCCl)c1ccno1. The largest absolute Gasteiger partial charge is 0.385 e. The average Bonchev–Trinajstić information content (AvgIpc) is 2.38. The van der Waals surface area contributed by atoms with Gasteiger partial charge in [-0.25, -0.2) is 0 Å². The van der Waals surface area contributed by atoms with Gasteiger partial charge in [0, 0.05) is 11.9 Å². The van der Waals surface area contributed by atoms with Crippen molar-refractivity contribution >= 4 is 11.6 Å². The van der Waals surface area contributed by atoms with Gasteiger partial charge in [-0.05, 0) is 6.42 Å². The predicted octanol–water partition coefficient (Wildman–Crippen LogP) is 1.34. The normalized spacial score (nSPS) is 13.4. The predicted molar refractivity (Wildman–Crippen MR) is 36.8 cm³/mol. The number of halogens is 1. The molecule has 3 nitrogen and oxygen atoms in total. The van der Waals surface area contributed by atoms with Crippen molar-refractivity contribution in [2.45, 2.75) is 12.5 Å². The van der Waals surface area contributed by atoms with Crippen molar-refractivity contribution in [3.8, 4) is 0 Å². The first-order chi connectivity index (χ1) is 4.84. The van der Waals surface area contributed by atoms with Gasteiger partial charge in [-0.15, -0.1) is 11.6 Å². The van der Waals surface area contributed by atoms with E-state index in [0.29, 0.717) is 18.1 Å². The maximum atomic E-state index is 9.19. The molecule has 0 unspecified atom stereocenters. The van der Waals surface area contributed by atoms with Crippen LogP contribution in [0.15, 0.2) is 16.8 Å². The van der Waals surface area contributed by atoms with Gasteiger partial charge in [0.2, 0.25) is 0 Å². The van der Waals surface area contributed by atoms with Crippen LogP contribution in [-0.4, -0.2) is 16.1 Å². The third kappa shape index (κ3) is 1.72. The first-order valence-electron chi connectivity index (χ1n) is 2.99. The summed E-state index contributed by atoms with van der Waals surface area (Å²) in [7, 11) is 0. The van der Waals surface area contributed by atoms with Gasteiger partial charge in [0.1, 0.15) is 6.10 Å². The van der Waals surface area contributed by atoms with Crippen LogP contribution in [0.3, 0.4) is 0 Å². The summed E-state index contributed by atoms with van der Waals surface area (Å²) in [5, 5.41) is 12.6. The minimum atomic E-state index is -0.611. The second-order valence-corrected chi connectivity index (χ2v) is 2.29. The number of aliphatic hydroxyl groups is 1. The lowest BCUT2D eigenvalue weighted by atomic mass is 10.2. The molecule has 0 aliphatic carbocycles. The minimum absolute atomic E-state index is 0.419. The molecule has 1 aromatic heterocycles. The summed E-state index contributed by atoms with van der Waals surface area (Å²) in [5.74, 6) is 0.891. The molecule has 0 saturated carbocycles. The maximum absolute atomic E-state index is 9.19. The Labute approximate surface area is 63.6 Å². The Morgan fingerprint density at radius 1 is 1.80 bits per heavy atom. The average molecular weight is 162 g/mol. The van der Waals surface area contributed by atoms with Crippen LogP contribution in [-0.2, 0) is 0 Å². The smallest absolute Gasteiger partial charge is 0.165 e. The standard InChI is InChI=1S/C6H8ClNO2/c7-3-1-5(9)6-2-4-8-10-6/h2,4-5,9H,1,3H2/t5-/m0/s1. The highest BCUT2D eigenvalue weighted by molar-refractivity contribution is 6.17. The summed E-state index contributed by atoms with van der Waals surface area (Å²) in [4.78, 5) is 0. The summed E-state index contributed by atoms with van der Waals surface area (Å²) in [5.41, 5.74) is 0. The number of rotatable bonds is 3. The van der Waals surface area contributed by atoms with Crippen LogP contribution in [0, 0.1) is 0 Å². The van der Waals surface area contributed by atoms with Crippen molar-refractivity contribution in [2.24, 2.45) is 0 Å². The summed E-state index contributed by atoms with van der Waals surface area (Å²) >= 11 is 5.39. The third-order valence-corrected chi connectivity index (χ3v) is 1.39. The molecule has 1 rings (SSSR count). The molecule has 0 amide bonds. The lowest BCUT2D eigenvalue weighted by Gasteiger charge is -2.01. The molecule has 0 spiro atoms. The molecule has 1 heterocycles. The van der Waals surface area contributed by atoms with Gasteiger partial charge >= 0.3 is 0 Å². The first-order valence-corrected chi connectivity index (χ1v) is 3.52. The molecule has 0 aliphatic heterocycles. The van der Waals surface area contributed by atoms with Crippen LogP contribution in [0.4, 0.5) is 0 Å². The van der Waals surface area contributed by atoms with Crippen molar-refractivity contribution in [2.75, 3.05) is 5.88 Å². The fourth-order valence-corrected chi connectivity index (χ4v) is 0.850. The van der Waals surface area contributed by atoms with Crippen LogP contribution >= 0.6 is 11.6 Å². The maximum Gasteiger partial charge on any atom is 0.165 e. The summed E-state index contributed by atoms with van der Waals surface area (Å²) in [6.07, 6.45) is 1.38. The van der Waals surface area contributed by atoms with Crippen LogP contribution in [0.2, 0.25) is 0 Å². The topological polar surface area (TPSA) is 46.3 Å². The number of nitrogens with zero attached hydrogens (tertiary/aromatic N) is 1. The Morgan fingerprint density at radius 3 is 3.10 bits per heavy atom. The number of alkyl halides is 1. The van der Waals surface area contributed by atoms with E-state index in [1.807, 2.05) is 0 Å². The van der Waals surface area contributed by atoms with Crippen LogP contribution < -0.4 is 0 Å². The van der Waals surface area contributed by atoms with Crippen LogP contribution in [0.25, 0.3) is 0 Å². The highest BCUT2D eigenvalue weighted by atomic mass is 35.5. The highest BCUT2D eigenvalue weighted by Crippen LogP contribution is 2.15. The fraction of sp³-hybridized carbons (Fsp3) is 0.500. The highest BCUT2D eigenvalue weighted by Gasteiger charge is 2.09. The number of hydrogen-bond donors (Lipinski definition) is 1. The molecule has 0 aliphatic rings. The minimum Gasteiger partial charge on any atom is -0.385 e. The number of aliphatic hydroxyl groups excluding tert-OH is 1. The van der Waals surface area contributed by atoms with Crippen molar-refractivity contribution in [3.05, 3.63) is 18.0 Å². The molecule has 1 N–H and O–H groups in total. The lowest BCUT2D eigenvalue weighted by Crippen LogP contribution is -1.95. The molecule has 0 radical (unpaired) electrons. The summed E-state index contributed by atoms with van der Waals surface area (Å²) in [6, 6.07) is 1.62. The van der Waals surface area contributed by atoms with Gasteiger partial charge in [0.15, 0.2) is 5.76 Å². The van der Waals surface area contributed by atoms with Crippen LogP contribution in [0.1, 0.15) is 18.3 Å². The zero-order valence-electron chi connectivity index (χ0n) is 5.33. The number of aromatic nitrogens is 1. The van der Waals surface area contributed by atoms with Gasteiger partial charge in [-0.2, -0.15) is 0 Å². The van der Waals surface area contributed by atoms with E-state index in [2.05, 4.69) is 9.68 Å². The fourth-order valence-electron chi connectivity index (χ4n) is 0.643. The zero-order chi connectivity index (χ0) is 7.40. The molecule has 0 saturated heterocycles. The second kappa shape index (κ2) is 3.58. The molecule has 4 heteroatoms. The molecule has 0 fully saturated rings. The van der Waals surface area contributed by atoms with E-state index in [-0.39, 0.29) is 0 Å². The van der Waals surface area contributed by atoms with Crippen molar-refractivity contribution in [1.29, 1.82) is 0 Å². The zero-order valence-corrected chi connectivity index (χ0v) is 6.08. The molecular formula is C6H8ClNO2. The molecule has 0 bridgehead atoms. The Balaban J connectivity index is 2.50. The van der Waals surface area contributed by atoms with Gasteiger partial charge < -0.3 is 9.63 Å². The van der Waals surface area contributed by atoms with Crippen LogP contribution in [0.5, 0.6) is 0 Å². The summed E-state index contributed by atoms with van der Waals surface area (Å²) < 4.78 is 4.69. The quantitative estimate of drug-likeness (QED) is 0.681. The van der Waals surface area contributed by atoms with Gasteiger partial charge in [0.25, 0.3) is 0 Å². The molecule has 1 aromatic rings. The van der Waals surface area contributed by atoms with E-state index in [1.165, 1.54) is 6.20 Å². The monoisotopic (exact) mass is 161 g/mol. The Morgan fingerprint density at radius 2 is 2.60 bits per heavy atom. The Kier molecular flexibility index (Phi) is 2.71. The summed E-state index contributed by atoms with van der Waals surface area (Å²) in [6.45, 7) is 0. The number of hydrogen-bond acceptors (Lipinski definition) is 3. The van der Waals surface area contributed by atoms with E-state index >= 15 is 0 Å². The van der Waals surface area contributed by atoms with Gasteiger partial charge in [-0.3, -0.25) is 0 Å². The molecule has 1 atom stereocenters. The van der Waals surface area contributed by atoms with Gasteiger partial charge in [0.05, 0.1) is 6.20 Å². The third-order valence-electron chi connectivity index (χ3n) is 1.17. The lowest BCUT2D eigenvalue weighted by molar-refractivity contribution is 0.136. The molecule has 0 aromatic carbocycles. The molecule has 56 valence electrons. The van der Waals surface area contributed by atoms with Crippen molar-refractivity contribution in [3.63, 3.8) is 0 Å². The van der Waals surface area contributed by atoms with Gasteiger partial charge in [-0.1, -0.05) is 5.16 Å². The second-order valence-electron chi connectivity index (χ2n) is 1.91. The van der Waals surface area contributed by atoms with E-state index < -0.39 is 6.10 Å². The van der Waals surface area contributed by atoms with E-state index in [1.54, 1.807) is 6.07 Å². The molecule has 10 heavy (non-hydrogen) atoms. The molecular weight excluding hydrogens is 154 g/mol. The van der Waals surface area contributed by atoms with Crippen molar-refractivity contribution < 1.29 is 9.63 Å². The Bertz CT molecular complexity index is 176.